The van der Waals surface area contributed by atoms with E-state index in [2.05, 4.69) is 29.5 Å². The highest BCUT2D eigenvalue weighted by molar-refractivity contribution is 6.06. The Labute approximate surface area is 157 Å². The lowest BCUT2D eigenvalue weighted by atomic mass is 10.0. The largest absolute Gasteiger partial charge is 0.467 e. The number of rotatable bonds is 6. The Bertz CT molecular complexity index is 933. The van der Waals surface area contributed by atoms with Crippen molar-refractivity contribution >= 4 is 17.5 Å². The van der Waals surface area contributed by atoms with Crippen LogP contribution in [0.15, 0.2) is 65.5 Å². The molecule has 1 aromatic carbocycles. The summed E-state index contributed by atoms with van der Waals surface area (Å²) in [6, 6.07) is 12.7. The molecule has 0 radical (unpaired) electrons. The molecule has 2 aromatic heterocycles. The number of furan rings is 1. The number of aromatic nitrogens is 1. The van der Waals surface area contributed by atoms with Crippen molar-refractivity contribution in [2.75, 3.05) is 5.32 Å². The fraction of sp³-hybridized carbons (Fsp3) is 0.190. The molecular formula is C21H21N3O3. The molecule has 0 bridgehead atoms. The standard InChI is InChI=1S/C21H21N3O3/c1-14(2)18-7-3-4-8-19(18)24-21(26)16-10-15(11-22-12-16)20(25)23-13-17-6-5-9-27-17/h3-12,14H,13H2,1-2H3,(H,23,25)(H,24,26). The topological polar surface area (TPSA) is 84.2 Å². The summed E-state index contributed by atoms with van der Waals surface area (Å²) in [4.78, 5) is 28.9. The molecule has 0 fully saturated rings. The summed E-state index contributed by atoms with van der Waals surface area (Å²) in [6.45, 7) is 4.40. The molecule has 0 aliphatic carbocycles. The highest BCUT2D eigenvalue weighted by Gasteiger charge is 2.14. The molecule has 0 saturated heterocycles. The molecule has 6 nitrogen and oxygen atoms in total. The second-order valence-electron chi connectivity index (χ2n) is 6.42. The molecule has 0 atom stereocenters. The lowest BCUT2D eigenvalue weighted by Gasteiger charge is -2.13. The minimum absolute atomic E-state index is 0.268. The molecule has 2 amide bonds. The summed E-state index contributed by atoms with van der Waals surface area (Å²) in [5.74, 6) is 0.293. The summed E-state index contributed by atoms with van der Waals surface area (Å²) in [5.41, 5.74) is 2.43. The van der Waals surface area contributed by atoms with Gasteiger partial charge in [-0.3, -0.25) is 14.6 Å². The van der Waals surface area contributed by atoms with E-state index in [1.807, 2.05) is 24.3 Å². The molecule has 6 heteroatoms. The molecule has 2 heterocycles. The molecule has 0 aliphatic heterocycles. The van der Waals surface area contributed by atoms with E-state index in [1.165, 1.54) is 18.5 Å². The number of nitrogens with one attached hydrogen (secondary N) is 2. The Morgan fingerprint density at radius 2 is 1.78 bits per heavy atom. The van der Waals surface area contributed by atoms with Gasteiger partial charge in [0.2, 0.25) is 0 Å². The van der Waals surface area contributed by atoms with Crippen molar-refractivity contribution in [2.45, 2.75) is 26.3 Å². The molecular weight excluding hydrogens is 342 g/mol. The molecule has 2 N–H and O–H groups in total. The van der Waals surface area contributed by atoms with E-state index in [-0.39, 0.29) is 24.3 Å². The third-order valence-electron chi connectivity index (χ3n) is 4.10. The van der Waals surface area contributed by atoms with Crippen LogP contribution in [0.4, 0.5) is 5.69 Å². The fourth-order valence-electron chi connectivity index (χ4n) is 2.68. The van der Waals surface area contributed by atoms with Crippen LogP contribution in [0.5, 0.6) is 0 Å². The van der Waals surface area contributed by atoms with Crippen LogP contribution in [0.25, 0.3) is 0 Å². The maximum atomic E-state index is 12.6. The maximum absolute atomic E-state index is 12.6. The molecule has 0 unspecified atom stereocenters. The first-order chi connectivity index (χ1) is 13.0. The van der Waals surface area contributed by atoms with Gasteiger partial charge in [-0.05, 0) is 35.7 Å². The summed E-state index contributed by atoms with van der Waals surface area (Å²) >= 11 is 0. The van der Waals surface area contributed by atoms with Gasteiger partial charge in [0.25, 0.3) is 11.8 Å². The lowest BCUT2D eigenvalue weighted by Crippen LogP contribution is -2.23. The quantitative estimate of drug-likeness (QED) is 0.694. The molecule has 0 aliphatic rings. The number of nitrogens with zero attached hydrogens (tertiary/aromatic N) is 1. The van der Waals surface area contributed by atoms with Gasteiger partial charge >= 0.3 is 0 Å². The second kappa shape index (κ2) is 8.31. The Kier molecular flexibility index (Phi) is 5.66. The highest BCUT2D eigenvalue weighted by atomic mass is 16.3. The first-order valence-corrected chi connectivity index (χ1v) is 8.70. The minimum Gasteiger partial charge on any atom is -0.467 e. The highest BCUT2D eigenvalue weighted by Crippen LogP contribution is 2.24. The second-order valence-corrected chi connectivity index (χ2v) is 6.42. The van der Waals surface area contributed by atoms with E-state index in [1.54, 1.807) is 18.4 Å². The summed E-state index contributed by atoms with van der Waals surface area (Å²) < 4.78 is 5.18. The van der Waals surface area contributed by atoms with Gasteiger partial charge in [0, 0.05) is 18.1 Å². The van der Waals surface area contributed by atoms with Crippen LogP contribution in [-0.2, 0) is 6.54 Å². The number of carbonyl (C=O) groups excluding carboxylic acids is 2. The van der Waals surface area contributed by atoms with Crippen LogP contribution >= 0.6 is 0 Å². The van der Waals surface area contributed by atoms with E-state index in [0.717, 1.165) is 11.3 Å². The number of hydrogen-bond acceptors (Lipinski definition) is 4. The van der Waals surface area contributed by atoms with Crippen LogP contribution in [0.1, 0.15) is 51.8 Å². The third kappa shape index (κ3) is 4.61. The van der Waals surface area contributed by atoms with Gasteiger partial charge < -0.3 is 15.1 Å². The van der Waals surface area contributed by atoms with Gasteiger partial charge in [-0.1, -0.05) is 32.0 Å². The Morgan fingerprint density at radius 3 is 2.48 bits per heavy atom. The minimum atomic E-state index is -0.323. The molecule has 3 rings (SSSR count). The Balaban J connectivity index is 1.71. The molecule has 0 saturated carbocycles. The van der Waals surface area contributed by atoms with Crippen LogP contribution in [0.2, 0.25) is 0 Å². The van der Waals surface area contributed by atoms with Crippen LogP contribution in [-0.4, -0.2) is 16.8 Å². The van der Waals surface area contributed by atoms with Gasteiger partial charge in [-0.2, -0.15) is 0 Å². The zero-order valence-electron chi connectivity index (χ0n) is 15.2. The van der Waals surface area contributed by atoms with Gasteiger partial charge in [-0.25, -0.2) is 0 Å². The summed E-state index contributed by atoms with van der Waals surface area (Å²) in [6.07, 6.45) is 4.41. The molecule has 3 aromatic rings. The van der Waals surface area contributed by atoms with Gasteiger partial charge in [0.05, 0.1) is 23.9 Å². The van der Waals surface area contributed by atoms with Gasteiger partial charge in [0.1, 0.15) is 5.76 Å². The van der Waals surface area contributed by atoms with E-state index >= 15 is 0 Å². The smallest absolute Gasteiger partial charge is 0.257 e. The van der Waals surface area contributed by atoms with Crippen molar-refractivity contribution in [1.29, 1.82) is 0 Å². The van der Waals surface area contributed by atoms with Crippen molar-refractivity contribution in [3.63, 3.8) is 0 Å². The number of pyridine rings is 1. The number of para-hydroxylation sites is 1. The number of amides is 2. The van der Waals surface area contributed by atoms with Crippen molar-refractivity contribution in [3.05, 3.63) is 83.6 Å². The van der Waals surface area contributed by atoms with E-state index in [0.29, 0.717) is 16.9 Å². The fourth-order valence-corrected chi connectivity index (χ4v) is 2.68. The average molecular weight is 363 g/mol. The third-order valence-corrected chi connectivity index (χ3v) is 4.10. The lowest BCUT2D eigenvalue weighted by molar-refractivity contribution is 0.0947. The summed E-state index contributed by atoms with van der Waals surface area (Å²) in [5, 5.41) is 5.64. The maximum Gasteiger partial charge on any atom is 0.257 e. The Morgan fingerprint density at radius 1 is 1.04 bits per heavy atom. The van der Waals surface area contributed by atoms with E-state index in [4.69, 9.17) is 4.42 Å². The average Bonchev–Trinajstić information content (AvgIpc) is 3.20. The first kappa shape index (κ1) is 18.4. The monoisotopic (exact) mass is 363 g/mol. The van der Waals surface area contributed by atoms with Crippen molar-refractivity contribution in [1.82, 2.24) is 10.3 Å². The predicted molar refractivity (Wildman–Crippen MR) is 103 cm³/mol. The van der Waals surface area contributed by atoms with Crippen molar-refractivity contribution in [2.24, 2.45) is 0 Å². The molecule has 27 heavy (non-hydrogen) atoms. The molecule has 0 spiro atoms. The van der Waals surface area contributed by atoms with E-state index in [9.17, 15) is 9.59 Å². The first-order valence-electron chi connectivity index (χ1n) is 8.70. The SMILES string of the molecule is CC(C)c1ccccc1NC(=O)c1cncc(C(=O)NCc2ccco2)c1. The molecule has 138 valence electrons. The van der Waals surface area contributed by atoms with Gasteiger partial charge in [0.15, 0.2) is 0 Å². The van der Waals surface area contributed by atoms with Crippen LogP contribution < -0.4 is 10.6 Å². The van der Waals surface area contributed by atoms with Crippen molar-refractivity contribution < 1.29 is 14.0 Å². The zero-order valence-corrected chi connectivity index (χ0v) is 15.2. The normalized spacial score (nSPS) is 10.6. The van der Waals surface area contributed by atoms with Crippen molar-refractivity contribution in [3.8, 4) is 0 Å². The number of anilines is 1. The van der Waals surface area contributed by atoms with Crippen LogP contribution in [0, 0.1) is 0 Å². The van der Waals surface area contributed by atoms with E-state index < -0.39 is 0 Å². The number of benzene rings is 1. The zero-order chi connectivity index (χ0) is 19.2. The van der Waals surface area contributed by atoms with Gasteiger partial charge in [-0.15, -0.1) is 0 Å². The summed E-state index contributed by atoms with van der Waals surface area (Å²) in [7, 11) is 0. The number of carbonyl (C=O) groups is 2. The van der Waals surface area contributed by atoms with Crippen LogP contribution in [0.3, 0.4) is 0 Å². The Hall–Kier alpha value is -3.41. The predicted octanol–water partition coefficient (Wildman–Crippen LogP) is 3.98. The number of hydrogen-bond donors (Lipinski definition) is 2.